The number of rotatable bonds is 3. The van der Waals surface area contributed by atoms with E-state index in [1.807, 2.05) is 42.5 Å². The lowest BCUT2D eigenvalue weighted by Crippen LogP contribution is -2.43. The van der Waals surface area contributed by atoms with Crippen LogP contribution in [0.4, 0.5) is 19.3 Å². The highest BCUT2D eigenvalue weighted by atomic mass is 19.1. The van der Waals surface area contributed by atoms with Gasteiger partial charge in [0.25, 0.3) is 0 Å². The summed E-state index contributed by atoms with van der Waals surface area (Å²) in [6.07, 6.45) is 0.644. The van der Waals surface area contributed by atoms with Gasteiger partial charge in [0.15, 0.2) is 0 Å². The summed E-state index contributed by atoms with van der Waals surface area (Å²) in [5.74, 6) is -0.603. The Morgan fingerprint density at radius 2 is 1.88 bits per heavy atom. The molecule has 5 rings (SSSR count). The van der Waals surface area contributed by atoms with Crippen molar-refractivity contribution in [3.63, 3.8) is 0 Å². The zero-order chi connectivity index (χ0) is 22.2. The van der Waals surface area contributed by atoms with Crippen LogP contribution >= 0.6 is 0 Å². The van der Waals surface area contributed by atoms with Gasteiger partial charge in [0.2, 0.25) is 0 Å². The van der Waals surface area contributed by atoms with Crippen LogP contribution in [0.5, 0.6) is 5.75 Å². The third-order valence-electron chi connectivity index (χ3n) is 5.90. The third kappa shape index (κ3) is 3.45. The van der Waals surface area contributed by atoms with E-state index in [2.05, 4.69) is 16.4 Å². The Balaban J connectivity index is 1.57. The van der Waals surface area contributed by atoms with Crippen molar-refractivity contribution in [1.29, 1.82) is 0 Å². The van der Waals surface area contributed by atoms with Gasteiger partial charge in [-0.25, -0.2) is 13.6 Å². The summed E-state index contributed by atoms with van der Waals surface area (Å²) in [7, 11) is 1.60. The van der Waals surface area contributed by atoms with E-state index in [9.17, 15) is 13.6 Å². The minimum atomic E-state index is -0.691. The van der Waals surface area contributed by atoms with Crippen molar-refractivity contribution < 1.29 is 18.3 Å². The molecule has 2 amide bonds. The van der Waals surface area contributed by atoms with E-state index in [1.54, 1.807) is 12.0 Å². The molecule has 5 nitrogen and oxygen atoms in total. The lowest BCUT2D eigenvalue weighted by Gasteiger charge is -2.36. The predicted octanol–water partition coefficient (Wildman–Crippen LogP) is 5.63. The van der Waals surface area contributed by atoms with Crippen LogP contribution in [0, 0.1) is 11.6 Å². The summed E-state index contributed by atoms with van der Waals surface area (Å²) in [6, 6.07) is 17.6. The molecular weight excluding hydrogens is 412 g/mol. The first kappa shape index (κ1) is 20.1. The maximum Gasteiger partial charge on any atom is 0.322 e. The van der Waals surface area contributed by atoms with Crippen LogP contribution < -0.4 is 10.1 Å². The summed E-state index contributed by atoms with van der Waals surface area (Å²) in [5, 5.41) is 3.66. The van der Waals surface area contributed by atoms with Gasteiger partial charge in [0, 0.05) is 29.2 Å². The lowest BCUT2D eigenvalue weighted by atomic mass is 9.92. The smallest absolute Gasteiger partial charge is 0.322 e. The SMILES string of the molecule is COc1ccc([C@@H]2c3[nH]c4ccccc4c3CCN2C(=O)Nc2cc(F)ccc2F)cc1. The fourth-order valence-electron chi connectivity index (χ4n) is 4.37. The van der Waals surface area contributed by atoms with Crippen molar-refractivity contribution in [3.8, 4) is 5.75 Å². The largest absolute Gasteiger partial charge is 0.497 e. The molecule has 1 aromatic heterocycles. The van der Waals surface area contributed by atoms with Crippen molar-refractivity contribution in [2.45, 2.75) is 12.5 Å². The highest BCUT2D eigenvalue weighted by Crippen LogP contribution is 2.39. The van der Waals surface area contributed by atoms with E-state index in [-0.39, 0.29) is 5.69 Å². The number of hydrogen-bond acceptors (Lipinski definition) is 2. The van der Waals surface area contributed by atoms with Crippen LogP contribution in [0.15, 0.2) is 66.7 Å². The van der Waals surface area contributed by atoms with Crippen molar-refractivity contribution in [2.75, 3.05) is 19.0 Å². The minimum absolute atomic E-state index is 0.189. The van der Waals surface area contributed by atoms with Crippen molar-refractivity contribution in [1.82, 2.24) is 9.88 Å². The van der Waals surface area contributed by atoms with Gasteiger partial charge in [-0.2, -0.15) is 0 Å². The number of halogens is 2. The molecular formula is C25H21F2N3O2. The van der Waals surface area contributed by atoms with E-state index in [0.717, 1.165) is 45.9 Å². The number of ether oxygens (including phenoxy) is 1. The molecule has 1 atom stereocenters. The molecule has 0 saturated carbocycles. The summed E-state index contributed by atoms with van der Waals surface area (Å²) in [6.45, 7) is 0.425. The first-order valence-electron chi connectivity index (χ1n) is 10.3. The Bertz CT molecular complexity index is 1300. The number of hydrogen-bond donors (Lipinski definition) is 2. The summed E-state index contributed by atoms with van der Waals surface area (Å²) in [5.41, 5.74) is 3.76. The number of aromatic amines is 1. The monoisotopic (exact) mass is 433 g/mol. The molecule has 32 heavy (non-hydrogen) atoms. The summed E-state index contributed by atoms with van der Waals surface area (Å²) < 4.78 is 33.1. The number of carbonyl (C=O) groups is 1. The number of carbonyl (C=O) groups excluding carboxylic acids is 1. The van der Waals surface area contributed by atoms with Gasteiger partial charge >= 0.3 is 6.03 Å². The van der Waals surface area contributed by atoms with Gasteiger partial charge in [-0.15, -0.1) is 0 Å². The molecule has 3 aromatic carbocycles. The lowest BCUT2D eigenvalue weighted by molar-refractivity contribution is 0.193. The maximum absolute atomic E-state index is 14.2. The number of nitrogens with one attached hydrogen (secondary N) is 2. The molecule has 7 heteroatoms. The van der Waals surface area contributed by atoms with Crippen LogP contribution in [-0.4, -0.2) is 29.6 Å². The van der Waals surface area contributed by atoms with Gasteiger partial charge in [-0.3, -0.25) is 0 Å². The Morgan fingerprint density at radius 3 is 2.66 bits per heavy atom. The fourth-order valence-corrected chi connectivity index (χ4v) is 4.37. The minimum Gasteiger partial charge on any atom is -0.497 e. The zero-order valence-corrected chi connectivity index (χ0v) is 17.4. The number of anilines is 1. The number of para-hydroxylation sites is 1. The highest BCUT2D eigenvalue weighted by molar-refractivity contribution is 5.91. The van der Waals surface area contributed by atoms with Crippen LogP contribution in [0.3, 0.4) is 0 Å². The molecule has 1 aliphatic heterocycles. The van der Waals surface area contributed by atoms with E-state index in [4.69, 9.17) is 4.74 Å². The average Bonchev–Trinajstić information content (AvgIpc) is 3.19. The Labute approximate surface area is 183 Å². The molecule has 2 N–H and O–H groups in total. The molecule has 162 valence electrons. The normalized spacial score (nSPS) is 15.5. The Morgan fingerprint density at radius 1 is 1.09 bits per heavy atom. The van der Waals surface area contributed by atoms with E-state index >= 15 is 0 Å². The fraction of sp³-hybridized carbons (Fsp3) is 0.160. The second-order valence-electron chi connectivity index (χ2n) is 7.74. The number of urea groups is 1. The molecule has 0 spiro atoms. The van der Waals surface area contributed by atoms with Gasteiger partial charge in [-0.05, 0) is 47.9 Å². The summed E-state index contributed by atoms with van der Waals surface area (Å²) >= 11 is 0. The average molecular weight is 433 g/mol. The number of fused-ring (bicyclic) bond motifs is 3. The van der Waals surface area contributed by atoms with Crippen molar-refractivity contribution >= 4 is 22.6 Å². The third-order valence-corrected chi connectivity index (χ3v) is 5.90. The van der Waals surface area contributed by atoms with Gasteiger partial charge in [-0.1, -0.05) is 30.3 Å². The molecule has 0 radical (unpaired) electrons. The van der Waals surface area contributed by atoms with Gasteiger partial charge in [0.1, 0.15) is 17.4 Å². The van der Waals surface area contributed by atoms with Crippen molar-refractivity contribution in [2.24, 2.45) is 0 Å². The first-order chi connectivity index (χ1) is 15.5. The molecule has 0 aliphatic carbocycles. The number of amides is 2. The quantitative estimate of drug-likeness (QED) is 0.440. The van der Waals surface area contributed by atoms with Crippen LogP contribution in [-0.2, 0) is 6.42 Å². The molecule has 0 bridgehead atoms. The van der Waals surface area contributed by atoms with Gasteiger partial charge < -0.3 is 19.9 Å². The Hall–Kier alpha value is -3.87. The zero-order valence-electron chi connectivity index (χ0n) is 17.4. The first-order valence-corrected chi connectivity index (χ1v) is 10.3. The van der Waals surface area contributed by atoms with E-state index < -0.39 is 23.7 Å². The number of methoxy groups -OCH3 is 1. The van der Waals surface area contributed by atoms with Gasteiger partial charge in [0.05, 0.1) is 18.8 Å². The molecule has 4 aromatic rings. The van der Waals surface area contributed by atoms with Crippen LogP contribution in [0.1, 0.15) is 22.9 Å². The number of nitrogens with zero attached hydrogens (tertiary/aromatic N) is 1. The standard InChI is InChI=1S/C25H21F2N3O2/c1-32-17-9-6-15(7-10-17)24-23-19(18-4-2-3-5-21(18)28-23)12-13-30(24)25(31)29-22-14-16(26)8-11-20(22)27/h2-11,14,24,28H,12-13H2,1H3,(H,29,31)/t24-/m1/s1. The van der Waals surface area contributed by atoms with E-state index in [1.165, 1.54) is 0 Å². The molecule has 1 aliphatic rings. The molecule has 2 heterocycles. The molecule has 0 fully saturated rings. The predicted molar refractivity (Wildman–Crippen MR) is 119 cm³/mol. The summed E-state index contributed by atoms with van der Waals surface area (Å²) in [4.78, 5) is 18.4. The number of benzene rings is 3. The van der Waals surface area contributed by atoms with Crippen molar-refractivity contribution in [3.05, 3.63) is 95.2 Å². The second kappa shape index (κ2) is 8.00. The van der Waals surface area contributed by atoms with Crippen LogP contribution in [0.25, 0.3) is 10.9 Å². The van der Waals surface area contributed by atoms with E-state index in [0.29, 0.717) is 18.7 Å². The van der Waals surface area contributed by atoms with Crippen LogP contribution in [0.2, 0.25) is 0 Å². The highest BCUT2D eigenvalue weighted by Gasteiger charge is 2.34. The topological polar surface area (TPSA) is 57.4 Å². The Kier molecular flexibility index (Phi) is 5.01. The second-order valence-corrected chi connectivity index (χ2v) is 7.74. The maximum atomic E-state index is 14.2. The molecule has 0 saturated heterocycles. The number of aromatic nitrogens is 1. The molecule has 0 unspecified atom stereocenters. The number of H-pyrrole nitrogens is 1.